The summed E-state index contributed by atoms with van der Waals surface area (Å²) in [6.07, 6.45) is 7.31. The van der Waals surface area contributed by atoms with Crippen molar-refractivity contribution >= 4 is 11.6 Å². The van der Waals surface area contributed by atoms with Gasteiger partial charge in [-0.2, -0.15) is 0 Å². The fourth-order valence-corrected chi connectivity index (χ4v) is 4.11. The Hall–Kier alpha value is -3.06. The number of fused-ring (bicyclic) bond motifs is 1. The maximum atomic E-state index is 13.5. The Morgan fingerprint density at radius 2 is 1.93 bits per heavy atom. The lowest BCUT2D eigenvalue weighted by molar-refractivity contribution is 0.0577. The molecule has 7 nitrogen and oxygen atoms in total. The Morgan fingerprint density at radius 3 is 2.67 bits per heavy atom. The summed E-state index contributed by atoms with van der Waals surface area (Å²) >= 11 is 0. The average molecular weight is 406 g/mol. The molecular weight excluding hydrogens is 378 g/mol. The second kappa shape index (κ2) is 9.17. The molecule has 1 saturated heterocycles. The van der Waals surface area contributed by atoms with E-state index in [1.807, 2.05) is 29.2 Å². The zero-order valence-corrected chi connectivity index (χ0v) is 17.3. The first-order valence-corrected chi connectivity index (χ1v) is 10.6. The fourth-order valence-electron chi connectivity index (χ4n) is 4.11. The largest absolute Gasteiger partial charge is 0.335 e. The summed E-state index contributed by atoms with van der Waals surface area (Å²) in [6, 6.07) is 11.3. The fraction of sp³-hybridized carbons (Fsp3) is 0.391. The molecule has 156 valence electrons. The molecule has 0 atom stereocenters. The van der Waals surface area contributed by atoms with Gasteiger partial charge in [0.15, 0.2) is 0 Å². The summed E-state index contributed by atoms with van der Waals surface area (Å²) in [6.45, 7) is 5.63. The van der Waals surface area contributed by atoms with Gasteiger partial charge >= 0.3 is 0 Å². The van der Waals surface area contributed by atoms with Crippen LogP contribution >= 0.6 is 0 Å². The summed E-state index contributed by atoms with van der Waals surface area (Å²) in [5, 5.41) is 0. The molecule has 0 radical (unpaired) electrons. The molecule has 1 amide bonds. The monoisotopic (exact) mass is 405 g/mol. The number of rotatable bonds is 6. The molecule has 4 rings (SSSR count). The molecule has 0 unspecified atom stereocenters. The highest BCUT2D eigenvalue weighted by atomic mass is 16.2. The van der Waals surface area contributed by atoms with Gasteiger partial charge in [0.25, 0.3) is 11.5 Å². The minimum Gasteiger partial charge on any atom is -0.335 e. The molecule has 0 aromatic carbocycles. The second-order valence-electron chi connectivity index (χ2n) is 7.64. The topological polar surface area (TPSA) is 70.8 Å². The van der Waals surface area contributed by atoms with Crippen molar-refractivity contribution in [3.8, 4) is 0 Å². The Bertz CT molecular complexity index is 1060. The molecule has 0 bridgehead atoms. The number of amides is 1. The Morgan fingerprint density at radius 1 is 1.13 bits per heavy atom. The second-order valence-corrected chi connectivity index (χ2v) is 7.64. The lowest BCUT2D eigenvalue weighted by atomic mass is 10.0. The Kier molecular flexibility index (Phi) is 6.18. The SMILES string of the molecule is CCN1CCC(N(CCc2ccccn2)C(=O)c2cnc3ccccn3c2=O)CC1. The van der Waals surface area contributed by atoms with Crippen molar-refractivity contribution in [1.82, 2.24) is 24.2 Å². The van der Waals surface area contributed by atoms with Crippen molar-refractivity contribution in [3.63, 3.8) is 0 Å². The quantitative estimate of drug-likeness (QED) is 0.629. The first-order valence-electron chi connectivity index (χ1n) is 10.6. The molecule has 3 aromatic rings. The normalized spacial score (nSPS) is 15.4. The number of aromatic nitrogens is 3. The smallest absolute Gasteiger partial charge is 0.270 e. The van der Waals surface area contributed by atoms with E-state index < -0.39 is 0 Å². The van der Waals surface area contributed by atoms with E-state index in [1.165, 1.54) is 10.6 Å². The summed E-state index contributed by atoms with van der Waals surface area (Å²) in [4.78, 5) is 39.5. The molecule has 0 N–H and O–H groups in total. The highest BCUT2D eigenvalue weighted by molar-refractivity contribution is 5.94. The summed E-state index contributed by atoms with van der Waals surface area (Å²) in [5.74, 6) is -0.239. The van der Waals surface area contributed by atoms with E-state index in [9.17, 15) is 9.59 Å². The molecule has 1 aliphatic heterocycles. The molecule has 7 heteroatoms. The minimum absolute atomic E-state index is 0.111. The Labute approximate surface area is 176 Å². The number of carbonyl (C=O) groups is 1. The van der Waals surface area contributed by atoms with Crippen molar-refractivity contribution in [1.29, 1.82) is 0 Å². The number of carbonyl (C=O) groups excluding carboxylic acids is 1. The van der Waals surface area contributed by atoms with Crippen LogP contribution in [0, 0.1) is 0 Å². The number of pyridine rings is 2. The van der Waals surface area contributed by atoms with Gasteiger partial charge in [0.1, 0.15) is 11.2 Å². The molecule has 0 aliphatic carbocycles. The maximum absolute atomic E-state index is 13.5. The van der Waals surface area contributed by atoms with Crippen LogP contribution in [0.1, 0.15) is 35.8 Å². The van der Waals surface area contributed by atoms with Gasteiger partial charge in [-0.1, -0.05) is 19.1 Å². The highest BCUT2D eigenvalue weighted by Gasteiger charge is 2.29. The van der Waals surface area contributed by atoms with E-state index in [-0.39, 0.29) is 23.1 Å². The lowest BCUT2D eigenvalue weighted by Crippen LogP contribution is -2.49. The number of likely N-dealkylation sites (tertiary alicyclic amines) is 1. The summed E-state index contributed by atoms with van der Waals surface area (Å²) in [5.41, 5.74) is 1.28. The molecule has 4 heterocycles. The molecule has 0 spiro atoms. The maximum Gasteiger partial charge on any atom is 0.270 e. The predicted molar refractivity (Wildman–Crippen MR) is 116 cm³/mol. The van der Waals surface area contributed by atoms with Gasteiger partial charge in [-0.15, -0.1) is 0 Å². The third-order valence-electron chi connectivity index (χ3n) is 5.88. The lowest BCUT2D eigenvalue weighted by Gasteiger charge is -2.38. The molecular formula is C23H27N5O2. The van der Waals surface area contributed by atoms with Gasteiger partial charge in [-0.3, -0.25) is 19.0 Å². The predicted octanol–water partition coefficient (Wildman–Crippen LogP) is 2.26. The van der Waals surface area contributed by atoms with Crippen LogP contribution in [-0.2, 0) is 6.42 Å². The van der Waals surface area contributed by atoms with Crippen LogP contribution < -0.4 is 5.56 Å². The molecule has 3 aromatic heterocycles. The van der Waals surface area contributed by atoms with Crippen molar-refractivity contribution in [2.75, 3.05) is 26.2 Å². The van der Waals surface area contributed by atoms with Crippen LogP contribution in [0.4, 0.5) is 0 Å². The highest BCUT2D eigenvalue weighted by Crippen LogP contribution is 2.19. The summed E-state index contributed by atoms with van der Waals surface area (Å²) < 4.78 is 1.43. The third-order valence-corrected chi connectivity index (χ3v) is 5.88. The van der Waals surface area contributed by atoms with Crippen molar-refractivity contribution < 1.29 is 4.79 Å². The van der Waals surface area contributed by atoms with Gasteiger partial charge in [0.05, 0.1) is 0 Å². The third kappa shape index (κ3) is 4.26. The van der Waals surface area contributed by atoms with Gasteiger partial charge in [0, 0.05) is 56.4 Å². The van der Waals surface area contributed by atoms with Crippen molar-refractivity contribution in [3.05, 3.63) is 76.6 Å². The zero-order valence-electron chi connectivity index (χ0n) is 17.3. The molecule has 1 aliphatic rings. The Balaban J connectivity index is 1.62. The zero-order chi connectivity index (χ0) is 20.9. The number of nitrogens with zero attached hydrogens (tertiary/aromatic N) is 5. The van der Waals surface area contributed by atoms with Crippen molar-refractivity contribution in [2.45, 2.75) is 32.2 Å². The number of hydrogen-bond acceptors (Lipinski definition) is 5. The molecule has 30 heavy (non-hydrogen) atoms. The van der Waals surface area contributed by atoms with Crippen LogP contribution in [0.25, 0.3) is 5.65 Å². The minimum atomic E-state index is -0.320. The standard InChI is InChI=1S/C23H27N5O2/c1-2-26-14-10-19(11-15-26)27(16-9-18-7-3-5-12-24-18)22(29)20-17-25-21-8-4-6-13-28(21)23(20)30/h3-8,12-13,17,19H,2,9-11,14-16H2,1H3. The van der Waals surface area contributed by atoms with E-state index >= 15 is 0 Å². The molecule has 1 fully saturated rings. The van der Waals surface area contributed by atoms with E-state index in [0.717, 1.165) is 38.2 Å². The van der Waals surface area contributed by atoms with Gasteiger partial charge in [-0.05, 0) is 43.7 Å². The van der Waals surface area contributed by atoms with Gasteiger partial charge in [0.2, 0.25) is 0 Å². The van der Waals surface area contributed by atoms with Crippen LogP contribution in [0.2, 0.25) is 0 Å². The van der Waals surface area contributed by atoms with E-state index in [0.29, 0.717) is 18.6 Å². The van der Waals surface area contributed by atoms with E-state index in [2.05, 4.69) is 21.8 Å². The van der Waals surface area contributed by atoms with Crippen LogP contribution in [-0.4, -0.2) is 62.3 Å². The van der Waals surface area contributed by atoms with Gasteiger partial charge < -0.3 is 9.80 Å². The number of hydrogen-bond donors (Lipinski definition) is 0. The van der Waals surface area contributed by atoms with Gasteiger partial charge in [-0.25, -0.2) is 4.98 Å². The van der Waals surface area contributed by atoms with Crippen LogP contribution in [0.5, 0.6) is 0 Å². The van der Waals surface area contributed by atoms with Crippen molar-refractivity contribution in [2.24, 2.45) is 0 Å². The number of piperidine rings is 1. The first-order chi connectivity index (χ1) is 14.7. The molecule has 0 saturated carbocycles. The summed E-state index contributed by atoms with van der Waals surface area (Å²) in [7, 11) is 0. The van der Waals surface area contributed by atoms with E-state index in [1.54, 1.807) is 24.5 Å². The first kappa shape index (κ1) is 20.2. The average Bonchev–Trinajstić information content (AvgIpc) is 2.80. The van der Waals surface area contributed by atoms with Crippen LogP contribution in [0.3, 0.4) is 0 Å². The van der Waals surface area contributed by atoms with E-state index in [4.69, 9.17) is 0 Å². The van der Waals surface area contributed by atoms with Crippen LogP contribution in [0.15, 0.2) is 59.8 Å².